The van der Waals surface area contributed by atoms with Gasteiger partial charge >= 0.3 is 6.09 Å². The summed E-state index contributed by atoms with van der Waals surface area (Å²) in [5.41, 5.74) is 4.83. The molecule has 7 heteroatoms. The van der Waals surface area contributed by atoms with E-state index < -0.39 is 0 Å². The molecule has 0 saturated carbocycles. The number of amides is 1. The minimum absolute atomic E-state index is 0.260. The molecule has 2 aromatic carbocycles. The van der Waals surface area contributed by atoms with Crippen molar-refractivity contribution in [3.05, 3.63) is 85.2 Å². The fourth-order valence-corrected chi connectivity index (χ4v) is 4.16. The fourth-order valence-electron chi connectivity index (χ4n) is 4.16. The number of hydrogen-bond acceptors (Lipinski definition) is 6. The predicted molar refractivity (Wildman–Crippen MR) is 137 cm³/mol. The topological polar surface area (TPSA) is 71.5 Å². The van der Waals surface area contributed by atoms with Gasteiger partial charge in [0.2, 0.25) is 0 Å². The van der Waals surface area contributed by atoms with Crippen molar-refractivity contribution < 1.29 is 9.53 Å². The van der Waals surface area contributed by atoms with Gasteiger partial charge in [0.1, 0.15) is 5.82 Å². The van der Waals surface area contributed by atoms with Crippen LogP contribution in [0.4, 0.5) is 10.6 Å². The molecule has 176 valence electrons. The number of aromatic nitrogens is 3. The molecule has 7 nitrogen and oxygen atoms in total. The van der Waals surface area contributed by atoms with Crippen LogP contribution in [0.2, 0.25) is 0 Å². The van der Waals surface area contributed by atoms with Crippen LogP contribution in [-0.2, 0) is 4.74 Å². The molecule has 1 aliphatic rings. The maximum Gasteiger partial charge on any atom is 0.409 e. The minimum atomic E-state index is -0.260. The number of ether oxygens (including phenoxy) is 1. The van der Waals surface area contributed by atoms with Crippen molar-refractivity contribution in [1.29, 1.82) is 0 Å². The number of carbonyl (C=O) groups excluding carboxylic acids is 1. The maximum atomic E-state index is 12.1. The molecule has 2 aromatic heterocycles. The Hall–Kier alpha value is -4.26. The SMILES string of the molecule is CCOC(=O)N1CCN(c2cc(-c3cncc(-c4ccccc4)c3)nc(-c3ccccc3)n2)CC1. The molecule has 1 fully saturated rings. The molecular formula is C28H27N5O2. The maximum absolute atomic E-state index is 12.1. The standard InChI is InChI=1S/C28H27N5O2/c1-2-35-28(34)33-15-13-32(14-16-33)26-18-25(30-27(31-26)22-11-7-4-8-12-22)24-17-23(19-29-20-24)21-9-5-3-6-10-21/h3-12,17-20H,2,13-16H2,1H3. The van der Waals surface area contributed by atoms with E-state index in [1.807, 2.05) is 73.9 Å². The first kappa shape index (κ1) is 22.5. The van der Waals surface area contributed by atoms with E-state index in [9.17, 15) is 4.79 Å². The van der Waals surface area contributed by atoms with Crippen LogP contribution in [-0.4, -0.2) is 58.7 Å². The lowest BCUT2D eigenvalue weighted by atomic mass is 10.0. The molecule has 35 heavy (non-hydrogen) atoms. The normalized spacial score (nSPS) is 13.5. The minimum Gasteiger partial charge on any atom is -0.450 e. The molecule has 3 heterocycles. The number of anilines is 1. The van der Waals surface area contributed by atoms with Crippen LogP contribution in [0.3, 0.4) is 0 Å². The zero-order chi connectivity index (χ0) is 24.0. The Labute approximate surface area is 205 Å². The third-order valence-corrected chi connectivity index (χ3v) is 6.02. The average molecular weight is 466 g/mol. The van der Waals surface area contributed by atoms with Gasteiger partial charge in [-0.25, -0.2) is 14.8 Å². The smallest absolute Gasteiger partial charge is 0.409 e. The van der Waals surface area contributed by atoms with Crippen LogP contribution in [0, 0.1) is 0 Å². The zero-order valence-corrected chi connectivity index (χ0v) is 19.7. The van der Waals surface area contributed by atoms with Crippen molar-refractivity contribution in [3.8, 4) is 33.8 Å². The van der Waals surface area contributed by atoms with Crippen LogP contribution in [0.15, 0.2) is 85.2 Å². The second kappa shape index (κ2) is 10.3. The van der Waals surface area contributed by atoms with Gasteiger partial charge in [0.25, 0.3) is 0 Å². The lowest BCUT2D eigenvalue weighted by molar-refractivity contribution is 0.105. The Morgan fingerprint density at radius 3 is 2.14 bits per heavy atom. The van der Waals surface area contributed by atoms with Crippen molar-refractivity contribution >= 4 is 11.9 Å². The number of piperazine rings is 1. The van der Waals surface area contributed by atoms with E-state index in [0.717, 1.165) is 33.8 Å². The average Bonchev–Trinajstić information content (AvgIpc) is 2.94. The first-order valence-corrected chi connectivity index (χ1v) is 11.8. The van der Waals surface area contributed by atoms with Gasteiger partial charge in [0.05, 0.1) is 12.3 Å². The lowest BCUT2D eigenvalue weighted by Crippen LogP contribution is -2.49. The highest BCUT2D eigenvalue weighted by molar-refractivity contribution is 5.73. The van der Waals surface area contributed by atoms with E-state index in [0.29, 0.717) is 38.6 Å². The number of carbonyl (C=O) groups is 1. The van der Waals surface area contributed by atoms with Gasteiger partial charge in [-0.1, -0.05) is 60.7 Å². The Kier molecular flexibility index (Phi) is 6.66. The molecule has 0 aliphatic carbocycles. The van der Waals surface area contributed by atoms with E-state index in [2.05, 4.69) is 28.1 Å². The van der Waals surface area contributed by atoms with E-state index in [-0.39, 0.29) is 6.09 Å². The quantitative estimate of drug-likeness (QED) is 0.406. The Morgan fingerprint density at radius 1 is 0.800 bits per heavy atom. The molecule has 0 unspecified atom stereocenters. The zero-order valence-electron chi connectivity index (χ0n) is 19.7. The van der Waals surface area contributed by atoms with E-state index in [4.69, 9.17) is 14.7 Å². The summed E-state index contributed by atoms with van der Waals surface area (Å²) < 4.78 is 5.16. The lowest BCUT2D eigenvalue weighted by Gasteiger charge is -2.35. The summed E-state index contributed by atoms with van der Waals surface area (Å²) in [6.45, 7) is 4.72. The Bertz CT molecular complexity index is 1290. The summed E-state index contributed by atoms with van der Waals surface area (Å²) in [6.07, 6.45) is 3.45. The van der Waals surface area contributed by atoms with Gasteiger partial charge in [-0.05, 0) is 18.6 Å². The first-order chi connectivity index (χ1) is 17.2. The third kappa shape index (κ3) is 5.14. The second-order valence-electron chi connectivity index (χ2n) is 8.30. The van der Waals surface area contributed by atoms with Crippen LogP contribution in [0.1, 0.15) is 6.92 Å². The highest BCUT2D eigenvalue weighted by Crippen LogP contribution is 2.29. The number of rotatable bonds is 5. The molecule has 4 aromatic rings. The summed E-state index contributed by atoms with van der Waals surface area (Å²) in [4.78, 5) is 30.4. The van der Waals surface area contributed by atoms with E-state index in [1.165, 1.54) is 0 Å². The van der Waals surface area contributed by atoms with Gasteiger partial charge in [0, 0.05) is 61.3 Å². The van der Waals surface area contributed by atoms with Crippen LogP contribution in [0.5, 0.6) is 0 Å². The van der Waals surface area contributed by atoms with Crippen LogP contribution >= 0.6 is 0 Å². The molecule has 0 bridgehead atoms. The van der Waals surface area contributed by atoms with Gasteiger partial charge in [-0.15, -0.1) is 0 Å². The number of hydrogen-bond donors (Lipinski definition) is 0. The number of pyridine rings is 1. The molecule has 0 atom stereocenters. The molecule has 1 amide bonds. The van der Waals surface area contributed by atoms with Crippen molar-refractivity contribution in [2.45, 2.75) is 6.92 Å². The molecule has 5 rings (SSSR count). The highest BCUT2D eigenvalue weighted by atomic mass is 16.6. The van der Waals surface area contributed by atoms with Crippen molar-refractivity contribution in [2.75, 3.05) is 37.7 Å². The third-order valence-electron chi connectivity index (χ3n) is 6.02. The summed E-state index contributed by atoms with van der Waals surface area (Å²) >= 11 is 0. The summed E-state index contributed by atoms with van der Waals surface area (Å²) in [7, 11) is 0. The summed E-state index contributed by atoms with van der Waals surface area (Å²) in [5.74, 6) is 1.50. The Morgan fingerprint density at radius 2 is 1.46 bits per heavy atom. The monoisotopic (exact) mass is 465 g/mol. The molecule has 0 radical (unpaired) electrons. The highest BCUT2D eigenvalue weighted by Gasteiger charge is 2.24. The van der Waals surface area contributed by atoms with Crippen LogP contribution in [0.25, 0.3) is 33.8 Å². The molecular weight excluding hydrogens is 438 g/mol. The number of benzene rings is 2. The van der Waals surface area contributed by atoms with Crippen LogP contribution < -0.4 is 4.90 Å². The first-order valence-electron chi connectivity index (χ1n) is 11.8. The molecule has 0 spiro atoms. The summed E-state index contributed by atoms with van der Waals surface area (Å²) in [5, 5.41) is 0. The number of nitrogens with zero attached hydrogens (tertiary/aromatic N) is 5. The Balaban J connectivity index is 1.50. The summed E-state index contributed by atoms with van der Waals surface area (Å²) in [6, 6.07) is 24.3. The molecule has 1 aliphatic heterocycles. The fraction of sp³-hybridized carbons (Fsp3) is 0.214. The van der Waals surface area contributed by atoms with Crippen molar-refractivity contribution in [3.63, 3.8) is 0 Å². The van der Waals surface area contributed by atoms with Crippen molar-refractivity contribution in [2.24, 2.45) is 0 Å². The largest absolute Gasteiger partial charge is 0.450 e. The molecule has 1 saturated heterocycles. The van der Waals surface area contributed by atoms with Gasteiger partial charge in [-0.3, -0.25) is 4.98 Å². The van der Waals surface area contributed by atoms with Gasteiger partial charge < -0.3 is 14.5 Å². The van der Waals surface area contributed by atoms with Gasteiger partial charge in [0.15, 0.2) is 5.82 Å². The predicted octanol–water partition coefficient (Wildman–Crippen LogP) is 5.15. The van der Waals surface area contributed by atoms with Gasteiger partial charge in [-0.2, -0.15) is 0 Å². The molecule has 0 N–H and O–H groups in total. The van der Waals surface area contributed by atoms with Crippen molar-refractivity contribution in [1.82, 2.24) is 19.9 Å². The van der Waals surface area contributed by atoms with E-state index >= 15 is 0 Å². The second-order valence-corrected chi connectivity index (χ2v) is 8.30. The van der Waals surface area contributed by atoms with E-state index in [1.54, 1.807) is 4.90 Å².